The first-order valence-electron chi connectivity index (χ1n) is 9.24. The van der Waals surface area contributed by atoms with Gasteiger partial charge in [0.25, 0.3) is 0 Å². The third kappa shape index (κ3) is 3.53. The van der Waals surface area contributed by atoms with Gasteiger partial charge < -0.3 is 4.98 Å². The number of rotatable bonds is 5. The average Bonchev–Trinajstić information content (AvgIpc) is 3.46. The number of pyridine rings is 1. The van der Waals surface area contributed by atoms with E-state index in [1.807, 2.05) is 42.5 Å². The monoisotopic (exact) mass is 379 g/mol. The number of aromatic nitrogens is 7. The Labute approximate surface area is 166 Å². The van der Waals surface area contributed by atoms with Gasteiger partial charge in [-0.3, -0.25) is 4.98 Å². The van der Waals surface area contributed by atoms with E-state index in [0.717, 1.165) is 45.3 Å². The van der Waals surface area contributed by atoms with Crippen LogP contribution in [0.2, 0.25) is 0 Å². The minimum Gasteiger partial charge on any atom is -0.337 e. The van der Waals surface area contributed by atoms with Crippen LogP contribution in [-0.2, 0) is 6.42 Å². The molecule has 2 N–H and O–H groups in total. The molecule has 0 aliphatic heterocycles. The van der Waals surface area contributed by atoms with E-state index in [0.29, 0.717) is 6.42 Å². The van der Waals surface area contributed by atoms with Crippen LogP contribution in [0.5, 0.6) is 0 Å². The van der Waals surface area contributed by atoms with E-state index in [1.54, 1.807) is 12.4 Å². The normalized spacial score (nSPS) is 10.9. The van der Waals surface area contributed by atoms with Crippen LogP contribution in [0.4, 0.5) is 0 Å². The quantitative estimate of drug-likeness (QED) is 0.483. The summed E-state index contributed by atoms with van der Waals surface area (Å²) in [6.07, 6.45) is 4.22. The van der Waals surface area contributed by atoms with Gasteiger partial charge in [0.05, 0.1) is 11.4 Å². The van der Waals surface area contributed by atoms with Crippen molar-refractivity contribution < 1.29 is 0 Å². The van der Waals surface area contributed by atoms with Crippen molar-refractivity contribution in [2.24, 2.45) is 0 Å². The molecule has 3 aromatic heterocycles. The van der Waals surface area contributed by atoms with Gasteiger partial charge >= 0.3 is 0 Å². The van der Waals surface area contributed by atoms with Crippen molar-refractivity contribution in [2.75, 3.05) is 0 Å². The first-order valence-corrected chi connectivity index (χ1v) is 9.24. The Balaban J connectivity index is 1.55. The van der Waals surface area contributed by atoms with E-state index in [-0.39, 0.29) is 0 Å². The van der Waals surface area contributed by atoms with E-state index in [2.05, 4.69) is 54.9 Å². The molecule has 0 radical (unpaired) electrons. The number of hydrogen-bond donors (Lipinski definition) is 2. The Morgan fingerprint density at radius 1 is 0.759 bits per heavy atom. The lowest BCUT2D eigenvalue weighted by Crippen LogP contribution is -1.91. The van der Waals surface area contributed by atoms with E-state index in [9.17, 15) is 0 Å². The summed E-state index contributed by atoms with van der Waals surface area (Å²) in [6, 6.07) is 22.4. The fourth-order valence-electron chi connectivity index (χ4n) is 3.27. The summed E-state index contributed by atoms with van der Waals surface area (Å²) in [4.78, 5) is 12.5. The standard InChI is InChI=1S/C22H17N7/c1-2-4-18(5-3-1)22-24-20(21(25-22)17-10-12-23-13-11-17)16-8-6-15(7-9-16)14-19-26-28-29-27-19/h1-13H,14H2,(H,24,25)(H,26,27,28,29). The number of tetrazole rings is 1. The van der Waals surface area contributed by atoms with Gasteiger partial charge in [0.1, 0.15) is 5.82 Å². The van der Waals surface area contributed by atoms with Crippen molar-refractivity contribution in [1.82, 2.24) is 35.6 Å². The van der Waals surface area contributed by atoms with Gasteiger partial charge in [-0.05, 0) is 28.1 Å². The molecular weight excluding hydrogens is 362 g/mol. The first-order chi connectivity index (χ1) is 14.4. The van der Waals surface area contributed by atoms with E-state index >= 15 is 0 Å². The predicted molar refractivity (Wildman–Crippen MR) is 110 cm³/mol. The lowest BCUT2D eigenvalue weighted by molar-refractivity contribution is 0.881. The smallest absolute Gasteiger partial charge is 0.152 e. The van der Waals surface area contributed by atoms with Gasteiger partial charge in [0, 0.05) is 35.5 Å². The molecule has 0 saturated heterocycles. The predicted octanol–water partition coefficient (Wildman–Crippen LogP) is 3.91. The number of nitrogens with zero attached hydrogens (tertiary/aromatic N) is 5. The van der Waals surface area contributed by atoms with E-state index in [4.69, 9.17) is 4.98 Å². The molecule has 29 heavy (non-hydrogen) atoms. The molecule has 0 bridgehead atoms. The fourth-order valence-corrected chi connectivity index (χ4v) is 3.27. The molecule has 7 nitrogen and oxygen atoms in total. The third-order valence-electron chi connectivity index (χ3n) is 4.71. The highest BCUT2D eigenvalue weighted by Crippen LogP contribution is 2.33. The summed E-state index contributed by atoms with van der Waals surface area (Å²) in [5, 5.41) is 14.0. The number of aromatic amines is 2. The van der Waals surface area contributed by atoms with Crippen molar-refractivity contribution in [1.29, 1.82) is 0 Å². The molecule has 0 amide bonds. The van der Waals surface area contributed by atoms with E-state index in [1.165, 1.54) is 0 Å². The number of H-pyrrole nitrogens is 2. The minimum atomic E-state index is 0.655. The maximum Gasteiger partial charge on any atom is 0.152 e. The van der Waals surface area contributed by atoms with Gasteiger partial charge in [-0.25, -0.2) is 10.1 Å². The highest BCUT2D eigenvalue weighted by Gasteiger charge is 2.15. The molecule has 0 spiro atoms. The molecule has 140 valence electrons. The Kier molecular flexibility index (Phi) is 4.38. The molecule has 5 rings (SSSR count). The molecule has 0 unspecified atom stereocenters. The maximum atomic E-state index is 4.90. The fraction of sp³-hybridized carbons (Fsp3) is 0.0455. The van der Waals surface area contributed by atoms with Crippen molar-refractivity contribution in [3.8, 4) is 33.9 Å². The molecular formula is C22H17N7. The Morgan fingerprint density at radius 3 is 2.28 bits per heavy atom. The highest BCUT2D eigenvalue weighted by molar-refractivity contribution is 5.81. The molecule has 0 atom stereocenters. The summed E-state index contributed by atoms with van der Waals surface area (Å²) >= 11 is 0. The Bertz CT molecular complexity index is 1200. The Hall–Kier alpha value is -4.13. The van der Waals surface area contributed by atoms with Crippen LogP contribution in [0.1, 0.15) is 11.4 Å². The van der Waals surface area contributed by atoms with Crippen LogP contribution in [0.15, 0.2) is 79.1 Å². The Morgan fingerprint density at radius 2 is 1.55 bits per heavy atom. The summed E-state index contributed by atoms with van der Waals surface area (Å²) in [7, 11) is 0. The SMILES string of the molecule is c1ccc(-c2nc(-c3ccncc3)c(-c3ccc(Cc4nnn[nH]4)cc3)[nH]2)cc1. The topological polar surface area (TPSA) is 96.0 Å². The lowest BCUT2D eigenvalue weighted by atomic mass is 10.0. The van der Waals surface area contributed by atoms with Crippen LogP contribution in [0.3, 0.4) is 0 Å². The zero-order chi connectivity index (χ0) is 19.5. The number of imidazole rings is 1. The van der Waals surface area contributed by atoms with Crippen LogP contribution < -0.4 is 0 Å². The van der Waals surface area contributed by atoms with Crippen LogP contribution in [0.25, 0.3) is 33.9 Å². The van der Waals surface area contributed by atoms with Crippen LogP contribution in [0, 0.1) is 0 Å². The van der Waals surface area contributed by atoms with Crippen molar-refractivity contribution in [3.05, 3.63) is 90.5 Å². The first kappa shape index (κ1) is 17.0. The summed E-state index contributed by atoms with van der Waals surface area (Å²) in [5.74, 6) is 1.58. The van der Waals surface area contributed by atoms with Gasteiger partial charge in [-0.2, -0.15) is 0 Å². The number of benzene rings is 2. The second kappa shape index (κ2) is 7.47. The van der Waals surface area contributed by atoms with Gasteiger partial charge in [0.2, 0.25) is 0 Å². The molecule has 0 aliphatic carbocycles. The lowest BCUT2D eigenvalue weighted by Gasteiger charge is -2.04. The van der Waals surface area contributed by atoms with Crippen LogP contribution in [-0.4, -0.2) is 35.6 Å². The second-order valence-corrected chi connectivity index (χ2v) is 6.63. The maximum absolute atomic E-state index is 4.90. The molecule has 0 fully saturated rings. The summed E-state index contributed by atoms with van der Waals surface area (Å²) < 4.78 is 0. The highest BCUT2D eigenvalue weighted by atomic mass is 15.5. The van der Waals surface area contributed by atoms with E-state index < -0.39 is 0 Å². The van der Waals surface area contributed by atoms with Crippen molar-refractivity contribution in [2.45, 2.75) is 6.42 Å². The zero-order valence-corrected chi connectivity index (χ0v) is 15.4. The molecule has 0 saturated carbocycles. The largest absolute Gasteiger partial charge is 0.337 e. The van der Waals surface area contributed by atoms with Crippen LogP contribution >= 0.6 is 0 Å². The van der Waals surface area contributed by atoms with Crippen molar-refractivity contribution in [3.63, 3.8) is 0 Å². The molecule has 0 aliphatic rings. The molecule has 3 heterocycles. The second-order valence-electron chi connectivity index (χ2n) is 6.63. The summed E-state index contributed by atoms with van der Waals surface area (Å²) in [6.45, 7) is 0. The molecule has 5 aromatic rings. The van der Waals surface area contributed by atoms with Gasteiger partial charge in [-0.15, -0.1) is 5.10 Å². The number of hydrogen-bond acceptors (Lipinski definition) is 5. The summed E-state index contributed by atoms with van der Waals surface area (Å²) in [5.41, 5.74) is 6.13. The minimum absolute atomic E-state index is 0.655. The van der Waals surface area contributed by atoms with Gasteiger partial charge in [-0.1, -0.05) is 54.6 Å². The average molecular weight is 379 g/mol. The molecule has 2 aromatic carbocycles. The molecule has 7 heteroatoms. The zero-order valence-electron chi connectivity index (χ0n) is 15.4. The van der Waals surface area contributed by atoms with Crippen molar-refractivity contribution >= 4 is 0 Å². The van der Waals surface area contributed by atoms with Gasteiger partial charge in [0.15, 0.2) is 5.82 Å². The number of nitrogens with one attached hydrogen (secondary N) is 2. The third-order valence-corrected chi connectivity index (χ3v) is 4.71.